The monoisotopic (exact) mass is 331 g/mol. The third-order valence-corrected chi connectivity index (χ3v) is 5.97. The first-order chi connectivity index (χ1) is 10.4. The molecule has 0 radical (unpaired) electrons. The smallest absolute Gasteiger partial charge is 0.224 e. The fourth-order valence-electron chi connectivity index (χ4n) is 3.39. The highest BCUT2D eigenvalue weighted by atomic mass is 32.2. The predicted molar refractivity (Wildman–Crippen MR) is 87.0 cm³/mol. The van der Waals surface area contributed by atoms with Crippen molar-refractivity contribution in [2.75, 3.05) is 39.0 Å². The summed E-state index contributed by atoms with van der Waals surface area (Å²) in [6, 6.07) is 0.245. The number of amides is 1. The number of rotatable bonds is 5. The van der Waals surface area contributed by atoms with Gasteiger partial charge in [-0.2, -0.15) is 0 Å². The quantitative estimate of drug-likeness (QED) is 0.803. The third-order valence-electron chi connectivity index (χ3n) is 4.70. The SMILES string of the molecule is CCCN1CCC(NC(=O)[C@@H]2CCCN(S(C)(=O)=O)C2)CC1. The predicted octanol–water partition coefficient (Wildman–Crippen LogP) is 0.649. The number of carbonyl (C=O) groups is 1. The molecule has 128 valence electrons. The van der Waals surface area contributed by atoms with E-state index in [2.05, 4.69) is 17.1 Å². The maximum absolute atomic E-state index is 12.4. The van der Waals surface area contributed by atoms with Crippen molar-refractivity contribution in [3.8, 4) is 0 Å². The van der Waals surface area contributed by atoms with Gasteiger partial charge in [0.25, 0.3) is 0 Å². The van der Waals surface area contributed by atoms with Gasteiger partial charge < -0.3 is 10.2 Å². The molecule has 1 atom stereocenters. The maximum Gasteiger partial charge on any atom is 0.224 e. The minimum Gasteiger partial charge on any atom is -0.353 e. The molecular weight excluding hydrogens is 302 g/mol. The Hall–Kier alpha value is -0.660. The van der Waals surface area contributed by atoms with Crippen LogP contribution in [0.25, 0.3) is 0 Å². The van der Waals surface area contributed by atoms with Crippen LogP contribution in [0.1, 0.15) is 39.0 Å². The van der Waals surface area contributed by atoms with Crippen molar-refractivity contribution in [1.82, 2.24) is 14.5 Å². The second-order valence-electron chi connectivity index (χ2n) is 6.58. The number of hydrogen-bond acceptors (Lipinski definition) is 4. The zero-order chi connectivity index (χ0) is 16.2. The van der Waals surface area contributed by atoms with Gasteiger partial charge in [0.05, 0.1) is 12.2 Å². The van der Waals surface area contributed by atoms with Crippen molar-refractivity contribution >= 4 is 15.9 Å². The van der Waals surface area contributed by atoms with Gasteiger partial charge in [-0.25, -0.2) is 12.7 Å². The first-order valence-electron chi connectivity index (χ1n) is 8.38. The first kappa shape index (κ1) is 17.7. The third kappa shape index (κ3) is 4.93. The Morgan fingerprint density at radius 3 is 2.45 bits per heavy atom. The van der Waals surface area contributed by atoms with E-state index < -0.39 is 10.0 Å². The van der Waals surface area contributed by atoms with Crippen LogP contribution in [-0.4, -0.2) is 68.6 Å². The van der Waals surface area contributed by atoms with E-state index in [0.717, 1.165) is 45.3 Å². The lowest BCUT2D eigenvalue weighted by Crippen LogP contribution is -2.50. The van der Waals surface area contributed by atoms with E-state index in [0.29, 0.717) is 13.1 Å². The van der Waals surface area contributed by atoms with E-state index in [9.17, 15) is 13.2 Å². The molecule has 0 aliphatic carbocycles. The van der Waals surface area contributed by atoms with Crippen molar-refractivity contribution in [3.05, 3.63) is 0 Å². The molecule has 0 saturated carbocycles. The Kier molecular flexibility index (Phi) is 6.23. The molecule has 0 aromatic heterocycles. The average molecular weight is 331 g/mol. The minimum absolute atomic E-state index is 0.0299. The highest BCUT2D eigenvalue weighted by molar-refractivity contribution is 7.88. The molecule has 0 aromatic rings. The largest absolute Gasteiger partial charge is 0.353 e. The van der Waals surface area contributed by atoms with Gasteiger partial charge in [-0.15, -0.1) is 0 Å². The van der Waals surface area contributed by atoms with Gasteiger partial charge in [0.1, 0.15) is 0 Å². The van der Waals surface area contributed by atoms with Crippen LogP contribution in [0.3, 0.4) is 0 Å². The van der Waals surface area contributed by atoms with Crippen molar-refractivity contribution in [1.29, 1.82) is 0 Å². The molecule has 1 amide bonds. The van der Waals surface area contributed by atoms with E-state index in [1.54, 1.807) is 0 Å². The van der Waals surface area contributed by atoms with Gasteiger partial charge in [-0.1, -0.05) is 6.92 Å². The highest BCUT2D eigenvalue weighted by Crippen LogP contribution is 2.20. The average Bonchev–Trinajstić information content (AvgIpc) is 2.49. The summed E-state index contributed by atoms with van der Waals surface area (Å²) >= 11 is 0. The lowest BCUT2D eigenvalue weighted by Gasteiger charge is -2.34. The molecule has 2 aliphatic rings. The molecule has 1 N–H and O–H groups in total. The van der Waals surface area contributed by atoms with Crippen molar-refractivity contribution in [2.24, 2.45) is 5.92 Å². The van der Waals surface area contributed by atoms with Crippen LogP contribution >= 0.6 is 0 Å². The molecule has 0 bridgehead atoms. The highest BCUT2D eigenvalue weighted by Gasteiger charge is 2.31. The van der Waals surface area contributed by atoms with Crippen LogP contribution in [-0.2, 0) is 14.8 Å². The zero-order valence-electron chi connectivity index (χ0n) is 13.8. The second kappa shape index (κ2) is 7.75. The molecular formula is C15H29N3O3S. The van der Waals surface area contributed by atoms with Crippen LogP contribution in [0.5, 0.6) is 0 Å². The number of carbonyl (C=O) groups excluding carboxylic acids is 1. The van der Waals surface area contributed by atoms with Crippen molar-refractivity contribution < 1.29 is 13.2 Å². The Bertz CT molecular complexity index is 472. The number of sulfonamides is 1. The van der Waals surface area contributed by atoms with Gasteiger partial charge in [-0.3, -0.25) is 4.79 Å². The van der Waals surface area contributed by atoms with Crippen molar-refractivity contribution in [2.45, 2.75) is 45.1 Å². The lowest BCUT2D eigenvalue weighted by molar-refractivity contribution is -0.127. The normalized spacial score (nSPS) is 26.0. The molecule has 2 heterocycles. The summed E-state index contributed by atoms with van der Waals surface area (Å²) in [5.41, 5.74) is 0. The number of nitrogens with zero attached hydrogens (tertiary/aromatic N) is 2. The molecule has 2 saturated heterocycles. The first-order valence-corrected chi connectivity index (χ1v) is 10.2. The minimum atomic E-state index is -3.19. The molecule has 2 fully saturated rings. The molecule has 22 heavy (non-hydrogen) atoms. The fourth-order valence-corrected chi connectivity index (χ4v) is 4.31. The Labute approximate surface area is 134 Å². The molecule has 0 spiro atoms. The van der Waals surface area contributed by atoms with E-state index in [4.69, 9.17) is 0 Å². The van der Waals surface area contributed by atoms with Crippen LogP contribution in [0, 0.1) is 5.92 Å². The molecule has 6 nitrogen and oxygen atoms in total. The van der Waals surface area contributed by atoms with Gasteiger partial charge in [0.15, 0.2) is 0 Å². The summed E-state index contributed by atoms with van der Waals surface area (Å²) < 4.78 is 24.7. The maximum atomic E-state index is 12.4. The van der Waals surface area contributed by atoms with E-state index in [-0.39, 0.29) is 17.9 Å². The van der Waals surface area contributed by atoms with Gasteiger partial charge >= 0.3 is 0 Å². The van der Waals surface area contributed by atoms with Crippen LogP contribution in [0.4, 0.5) is 0 Å². The molecule has 2 aliphatic heterocycles. The summed E-state index contributed by atoms with van der Waals surface area (Å²) in [5, 5.41) is 3.14. The Morgan fingerprint density at radius 2 is 1.86 bits per heavy atom. The van der Waals surface area contributed by atoms with E-state index >= 15 is 0 Å². The Morgan fingerprint density at radius 1 is 1.18 bits per heavy atom. The van der Waals surface area contributed by atoms with Crippen molar-refractivity contribution in [3.63, 3.8) is 0 Å². The van der Waals surface area contributed by atoms with Crippen LogP contribution < -0.4 is 5.32 Å². The van der Waals surface area contributed by atoms with Crippen LogP contribution in [0.2, 0.25) is 0 Å². The van der Waals surface area contributed by atoms with E-state index in [1.165, 1.54) is 17.0 Å². The summed E-state index contributed by atoms with van der Waals surface area (Å²) in [4.78, 5) is 14.8. The number of nitrogens with one attached hydrogen (secondary N) is 1. The summed E-state index contributed by atoms with van der Waals surface area (Å²) in [6.45, 7) is 6.27. The van der Waals surface area contributed by atoms with Gasteiger partial charge in [0, 0.05) is 32.2 Å². The lowest BCUT2D eigenvalue weighted by atomic mass is 9.97. The topological polar surface area (TPSA) is 69.7 Å². The summed E-state index contributed by atoms with van der Waals surface area (Å²) in [6.07, 6.45) is 5.92. The molecule has 2 rings (SSSR count). The molecule has 7 heteroatoms. The fraction of sp³-hybridized carbons (Fsp3) is 0.933. The number of hydrogen-bond donors (Lipinski definition) is 1. The summed E-state index contributed by atoms with van der Waals surface area (Å²) in [5.74, 6) is -0.167. The number of likely N-dealkylation sites (tertiary alicyclic amines) is 1. The van der Waals surface area contributed by atoms with Gasteiger partial charge in [-0.05, 0) is 38.6 Å². The second-order valence-corrected chi connectivity index (χ2v) is 8.57. The molecule has 0 unspecified atom stereocenters. The van der Waals surface area contributed by atoms with Gasteiger partial charge in [0.2, 0.25) is 15.9 Å². The zero-order valence-corrected chi connectivity index (χ0v) is 14.6. The summed E-state index contributed by atoms with van der Waals surface area (Å²) in [7, 11) is -3.19. The number of piperidine rings is 2. The Balaban J connectivity index is 1.80. The van der Waals surface area contributed by atoms with Crippen LogP contribution in [0.15, 0.2) is 0 Å². The molecule has 0 aromatic carbocycles. The standard InChI is InChI=1S/C15H29N3O3S/c1-3-8-17-10-6-14(7-11-17)16-15(19)13-5-4-9-18(12-13)22(2,20)21/h13-14H,3-12H2,1-2H3,(H,16,19)/t13-/m1/s1. The van der Waals surface area contributed by atoms with E-state index in [1.807, 2.05) is 0 Å².